The third-order valence-corrected chi connectivity index (χ3v) is 4.01. The zero-order valence-corrected chi connectivity index (χ0v) is 14.8. The largest absolute Gasteiger partial charge is 0.493 e. The van der Waals surface area contributed by atoms with Crippen molar-refractivity contribution >= 4 is 21.8 Å². The van der Waals surface area contributed by atoms with E-state index in [9.17, 15) is 4.79 Å². The molecule has 0 atom stereocenters. The number of benzene rings is 1. The lowest BCUT2D eigenvalue weighted by atomic mass is 9.92. The van der Waals surface area contributed by atoms with Gasteiger partial charge in [-0.15, -0.1) is 0 Å². The van der Waals surface area contributed by atoms with Gasteiger partial charge in [0, 0.05) is 24.6 Å². The molecule has 0 radical (unpaired) electrons. The van der Waals surface area contributed by atoms with Crippen LogP contribution in [-0.4, -0.2) is 33.7 Å². The minimum Gasteiger partial charge on any atom is -0.493 e. The first-order valence-electron chi connectivity index (χ1n) is 6.69. The van der Waals surface area contributed by atoms with Crippen molar-refractivity contribution in [3.63, 3.8) is 0 Å². The molecule has 1 aromatic rings. The van der Waals surface area contributed by atoms with Crippen LogP contribution in [0.1, 0.15) is 19.4 Å². The number of ether oxygens (including phenoxy) is 2. The molecule has 0 heterocycles. The van der Waals surface area contributed by atoms with E-state index in [4.69, 9.17) is 9.47 Å². The molecule has 0 aromatic heterocycles. The zero-order chi connectivity index (χ0) is 16.0. The van der Waals surface area contributed by atoms with Crippen molar-refractivity contribution in [2.45, 2.75) is 20.4 Å². The van der Waals surface area contributed by atoms with Crippen LogP contribution in [-0.2, 0) is 11.3 Å². The zero-order valence-electron chi connectivity index (χ0n) is 13.2. The van der Waals surface area contributed by atoms with E-state index in [1.54, 1.807) is 21.3 Å². The minimum absolute atomic E-state index is 0.0152. The maximum atomic E-state index is 11.7. The fourth-order valence-corrected chi connectivity index (χ4v) is 2.42. The van der Waals surface area contributed by atoms with Crippen molar-refractivity contribution in [1.29, 1.82) is 0 Å². The normalized spacial score (nSPS) is 11.1. The van der Waals surface area contributed by atoms with E-state index in [1.807, 2.05) is 26.0 Å². The lowest BCUT2D eigenvalue weighted by molar-refractivity contribution is -0.128. The van der Waals surface area contributed by atoms with Crippen molar-refractivity contribution < 1.29 is 14.3 Å². The summed E-state index contributed by atoms with van der Waals surface area (Å²) in [5, 5.41) is 5.97. The second kappa shape index (κ2) is 7.66. The summed E-state index contributed by atoms with van der Waals surface area (Å²) in [4.78, 5) is 11.7. The molecule has 0 saturated heterocycles. The number of methoxy groups -OCH3 is 2. The van der Waals surface area contributed by atoms with Crippen LogP contribution in [0.4, 0.5) is 0 Å². The van der Waals surface area contributed by atoms with Gasteiger partial charge in [-0.25, -0.2) is 0 Å². The Kier molecular flexibility index (Phi) is 6.48. The highest BCUT2D eigenvalue weighted by molar-refractivity contribution is 9.10. The molecule has 118 valence electrons. The van der Waals surface area contributed by atoms with Crippen molar-refractivity contribution in [3.05, 3.63) is 22.2 Å². The van der Waals surface area contributed by atoms with E-state index < -0.39 is 5.41 Å². The molecule has 5 nitrogen and oxygen atoms in total. The van der Waals surface area contributed by atoms with Crippen LogP contribution in [0.15, 0.2) is 16.6 Å². The molecule has 0 aliphatic rings. The van der Waals surface area contributed by atoms with Gasteiger partial charge in [-0.1, -0.05) is 15.9 Å². The molecular weight excluding hydrogens is 336 g/mol. The molecule has 6 heteroatoms. The first kappa shape index (κ1) is 17.8. The van der Waals surface area contributed by atoms with E-state index in [1.165, 1.54) is 0 Å². The predicted molar refractivity (Wildman–Crippen MR) is 86.8 cm³/mol. The van der Waals surface area contributed by atoms with Crippen molar-refractivity contribution in [3.8, 4) is 11.5 Å². The molecule has 0 aliphatic carbocycles. The first-order valence-corrected chi connectivity index (χ1v) is 7.48. The molecule has 0 fully saturated rings. The standard InChI is InChI=1S/C15H23BrN2O3/c1-15(2,14(19)17-3)9-18-8-10-6-12(20-4)13(21-5)7-11(10)16/h6-7,18H,8-9H2,1-5H3,(H,17,19). The number of halogens is 1. The quantitative estimate of drug-likeness (QED) is 0.785. The maximum absolute atomic E-state index is 11.7. The van der Waals surface area contributed by atoms with Crippen LogP contribution < -0.4 is 20.1 Å². The molecule has 0 aliphatic heterocycles. The van der Waals surface area contributed by atoms with Gasteiger partial charge in [-0.05, 0) is 31.5 Å². The van der Waals surface area contributed by atoms with Gasteiger partial charge in [0.25, 0.3) is 0 Å². The highest BCUT2D eigenvalue weighted by atomic mass is 79.9. The number of amides is 1. The highest BCUT2D eigenvalue weighted by Gasteiger charge is 2.25. The van der Waals surface area contributed by atoms with Crippen LogP contribution in [0.25, 0.3) is 0 Å². The van der Waals surface area contributed by atoms with Crippen molar-refractivity contribution in [2.75, 3.05) is 27.8 Å². The van der Waals surface area contributed by atoms with E-state index in [-0.39, 0.29) is 5.91 Å². The summed E-state index contributed by atoms with van der Waals surface area (Å²) in [6, 6.07) is 3.79. The summed E-state index contributed by atoms with van der Waals surface area (Å²) in [5.74, 6) is 1.38. The fraction of sp³-hybridized carbons (Fsp3) is 0.533. The highest BCUT2D eigenvalue weighted by Crippen LogP contribution is 2.33. The van der Waals surface area contributed by atoms with Crippen LogP contribution >= 0.6 is 15.9 Å². The molecular formula is C15H23BrN2O3. The number of carbonyl (C=O) groups excluding carboxylic acids is 1. The molecule has 2 N–H and O–H groups in total. The maximum Gasteiger partial charge on any atom is 0.226 e. The van der Waals surface area contributed by atoms with Crippen LogP contribution in [0.2, 0.25) is 0 Å². The van der Waals surface area contributed by atoms with Gasteiger partial charge >= 0.3 is 0 Å². The Balaban J connectivity index is 2.74. The van der Waals surface area contributed by atoms with Gasteiger partial charge in [-0.3, -0.25) is 4.79 Å². The topological polar surface area (TPSA) is 59.6 Å². The monoisotopic (exact) mass is 358 g/mol. The molecule has 0 unspecified atom stereocenters. The summed E-state index contributed by atoms with van der Waals surface area (Å²) in [7, 11) is 4.86. The number of hydrogen-bond donors (Lipinski definition) is 2. The minimum atomic E-state index is -0.461. The molecule has 1 aromatic carbocycles. The van der Waals surface area contributed by atoms with Gasteiger partial charge in [0.15, 0.2) is 11.5 Å². The third-order valence-electron chi connectivity index (χ3n) is 3.28. The van der Waals surface area contributed by atoms with Gasteiger partial charge in [0.1, 0.15) is 0 Å². The first-order chi connectivity index (χ1) is 9.85. The smallest absolute Gasteiger partial charge is 0.226 e. The van der Waals surface area contributed by atoms with E-state index in [0.717, 1.165) is 10.0 Å². The van der Waals surface area contributed by atoms with Crippen molar-refractivity contribution in [1.82, 2.24) is 10.6 Å². The Labute approximate surface area is 134 Å². The molecule has 0 bridgehead atoms. The summed E-state index contributed by atoms with van der Waals surface area (Å²) in [6.45, 7) is 5.01. The van der Waals surface area contributed by atoms with E-state index in [0.29, 0.717) is 24.6 Å². The second-order valence-electron chi connectivity index (χ2n) is 5.37. The SMILES string of the molecule is CNC(=O)C(C)(C)CNCc1cc(OC)c(OC)cc1Br. The Bertz CT molecular complexity index is 504. The van der Waals surface area contributed by atoms with Crippen LogP contribution in [0.3, 0.4) is 0 Å². The van der Waals surface area contributed by atoms with Gasteiger partial charge < -0.3 is 20.1 Å². The summed E-state index contributed by atoms with van der Waals surface area (Å²) in [5.41, 5.74) is 0.581. The Morgan fingerprint density at radius 3 is 2.33 bits per heavy atom. The third kappa shape index (κ3) is 4.61. The van der Waals surface area contributed by atoms with Crippen molar-refractivity contribution in [2.24, 2.45) is 5.41 Å². The number of carbonyl (C=O) groups is 1. The molecule has 1 amide bonds. The Hall–Kier alpha value is -1.27. The molecule has 21 heavy (non-hydrogen) atoms. The predicted octanol–water partition coefficient (Wildman–Crippen LogP) is 2.33. The van der Waals surface area contributed by atoms with E-state index in [2.05, 4.69) is 26.6 Å². The summed E-state index contributed by atoms with van der Waals surface area (Å²) < 4.78 is 11.5. The number of nitrogens with one attached hydrogen (secondary N) is 2. The summed E-state index contributed by atoms with van der Waals surface area (Å²) >= 11 is 3.52. The van der Waals surface area contributed by atoms with Gasteiger partial charge in [0.2, 0.25) is 5.91 Å². The van der Waals surface area contributed by atoms with Gasteiger partial charge in [0.05, 0.1) is 19.6 Å². The Morgan fingerprint density at radius 2 is 1.81 bits per heavy atom. The van der Waals surface area contributed by atoms with Gasteiger partial charge in [-0.2, -0.15) is 0 Å². The fourth-order valence-electron chi connectivity index (χ4n) is 1.96. The number of hydrogen-bond acceptors (Lipinski definition) is 4. The van der Waals surface area contributed by atoms with Crippen LogP contribution in [0, 0.1) is 5.41 Å². The van der Waals surface area contributed by atoms with E-state index >= 15 is 0 Å². The molecule has 0 saturated carbocycles. The lowest BCUT2D eigenvalue weighted by Crippen LogP contribution is -2.41. The second-order valence-corrected chi connectivity index (χ2v) is 6.22. The molecule has 0 spiro atoms. The lowest BCUT2D eigenvalue weighted by Gasteiger charge is -2.23. The average molecular weight is 359 g/mol. The Morgan fingerprint density at radius 1 is 1.24 bits per heavy atom. The molecule has 1 rings (SSSR count). The number of rotatable bonds is 7. The summed E-state index contributed by atoms with van der Waals surface area (Å²) in [6.07, 6.45) is 0. The average Bonchev–Trinajstić information content (AvgIpc) is 2.47. The van der Waals surface area contributed by atoms with Crippen LogP contribution in [0.5, 0.6) is 11.5 Å².